The quantitative estimate of drug-likeness (QED) is 0.588. The van der Waals surface area contributed by atoms with Crippen molar-refractivity contribution in [3.63, 3.8) is 0 Å². The van der Waals surface area contributed by atoms with Crippen LogP contribution in [0.2, 0.25) is 0 Å². The average Bonchev–Trinajstić information content (AvgIpc) is 2.80. The number of ether oxygens (including phenoxy) is 1. The number of aromatic nitrogens is 1. The molecule has 1 saturated heterocycles. The normalized spacial score (nSPS) is 16.3. The Bertz CT molecular complexity index is 1000. The molecule has 1 aliphatic heterocycles. The van der Waals surface area contributed by atoms with Crippen LogP contribution >= 0.6 is 0 Å². The number of pyridine rings is 1. The standard InChI is InChI=1S/C25H25FN2O2/c1-30-22-6-4-5-19(16-22)23-13-10-20(17-27-23)24-7-2-3-14-28(24)25(29)15-18-8-11-21(26)12-9-18/h4-6,8-13,16-17,24H,2-3,7,14-15H2,1H3. The Morgan fingerprint density at radius 2 is 1.97 bits per heavy atom. The summed E-state index contributed by atoms with van der Waals surface area (Å²) in [4.78, 5) is 19.6. The van der Waals surface area contributed by atoms with Crippen molar-refractivity contribution in [2.24, 2.45) is 0 Å². The Hall–Kier alpha value is -3.21. The minimum Gasteiger partial charge on any atom is -0.497 e. The smallest absolute Gasteiger partial charge is 0.227 e. The summed E-state index contributed by atoms with van der Waals surface area (Å²) in [5.74, 6) is 0.579. The number of carbonyl (C=O) groups is 1. The van der Waals surface area contributed by atoms with Gasteiger partial charge in [0, 0.05) is 18.3 Å². The summed E-state index contributed by atoms with van der Waals surface area (Å²) in [6.45, 7) is 0.738. The van der Waals surface area contributed by atoms with Gasteiger partial charge in [-0.1, -0.05) is 30.3 Å². The van der Waals surface area contributed by atoms with Crippen molar-refractivity contribution >= 4 is 5.91 Å². The van der Waals surface area contributed by atoms with Gasteiger partial charge in [-0.25, -0.2) is 4.39 Å². The molecule has 1 atom stereocenters. The zero-order chi connectivity index (χ0) is 20.9. The number of methoxy groups -OCH3 is 1. The minimum atomic E-state index is -0.288. The molecule has 1 aliphatic rings. The van der Waals surface area contributed by atoms with Gasteiger partial charge in [0.15, 0.2) is 0 Å². The highest BCUT2D eigenvalue weighted by atomic mass is 19.1. The number of nitrogens with zero attached hydrogens (tertiary/aromatic N) is 2. The van der Waals surface area contributed by atoms with E-state index < -0.39 is 0 Å². The van der Waals surface area contributed by atoms with E-state index in [0.717, 1.165) is 53.9 Å². The van der Waals surface area contributed by atoms with Gasteiger partial charge in [-0.3, -0.25) is 9.78 Å². The molecule has 154 valence electrons. The van der Waals surface area contributed by atoms with Crippen molar-refractivity contribution in [3.8, 4) is 17.0 Å². The van der Waals surface area contributed by atoms with Crippen LogP contribution in [-0.2, 0) is 11.2 Å². The van der Waals surface area contributed by atoms with Gasteiger partial charge in [0.05, 0.1) is 25.3 Å². The summed E-state index contributed by atoms with van der Waals surface area (Å²) in [5, 5.41) is 0. The average molecular weight is 404 g/mol. The number of rotatable bonds is 5. The molecule has 0 N–H and O–H groups in total. The summed E-state index contributed by atoms with van der Waals surface area (Å²) in [7, 11) is 1.65. The Morgan fingerprint density at radius 3 is 2.70 bits per heavy atom. The molecule has 0 spiro atoms. The maximum Gasteiger partial charge on any atom is 0.227 e. The molecule has 0 aliphatic carbocycles. The van der Waals surface area contributed by atoms with Crippen molar-refractivity contribution in [1.82, 2.24) is 9.88 Å². The van der Waals surface area contributed by atoms with Crippen molar-refractivity contribution < 1.29 is 13.9 Å². The minimum absolute atomic E-state index is 0.0264. The summed E-state index contributed by atoms with van der Waals surface area (Å²) in [6.07, 6.45) is 5.17. The predicted octanol–water partition coefficient (Wildman–Crippen LogP) is 5.19. The largest absolute Gasteiger partial charge is 0.497 e. The first-order valence-corrected chi connectivity index (χ1v) is 10.3. The van der Waals surface area contributed by atoms with Crippen molar-refractivity contribution in [1.29, 1.82) is 0 Å². The molecule has 3 aromatic rings. The lowest BCUT2D eigenvalue weighted by molar-refractivity contribution is -0.134. The SMILES string of the molecule is COc1cccc(-c2ccc(C3CCCCN3C(=O)Cc3ccc(F)cc3)cn2)c1. The third-order valence-electron chi connectivity index (χ3n) is 5.63. The lowest BCUT2D eigenvalue weighted by Gasteiger charge is -2.36. The van der Waals surface area contributed by atoms with E-state index in [4.69, 9.17) is 4.74 Å². The van der Waals surface area contributed by atoms with Crippen LogP contribution in [0.15, 0.2) is 66.9 Å². The van der Waals surface area contributed by atoms with Gasteiger partial charge < -0.3 is 9.64 Å². The fraction of sp³-hybridized carbons (Fsp3) is 0.280. The lowest BCUT2D eigenvalue weighted by atomic mass is 9.95. The van der Waals surface area contributed by atoms with E-state index in [0.29, 0.717) is 0 Å². The Kier molecular flexibility index (Phi) is 6.07. The predicted molar refractivity (Wildman–Crippen MR) is 115 cm³/mol. The molecule has 0 radical (unpaired) electrons. The number of likely N-dealkylation sites (tertiary alicyclic amines) is 1. The molecule has 0 bridgehead atoms. The zero-order valence-corrected chi connectivity index (χ0v) is 17.1. The number of halogens is 1. The molecule has 4 rings (SSSR count). The second-order valence-electron chi connectivity index (χ2n) is 7.61. The van der Waals surface area contributed by atoms with E-state index in [2.05, 4.69) is 11.1 Å². The van der Waals surface area contributed by atoms with Crippen molar-refractivity contribution in [2.75, 3.05) is 13.7 Å². The second-order valence-corrected chi connectivity index (χ2v) is 7.61. The van der Waals surface area contributed by atoms with Crippen molar-refractivity contribution in [2.45, 2.75) is 31.7 Å². The van der Waals surface area contributed by atoms with Crippen LogP contribution in [0.1, 0.15) is 36.4 Å². The molecule has 1 fully saturated rings. The number of piperidine rings is 1. The maximum absolute atomic E-state index is 13.2. The lowest BCUT2D eigenvalue weighted by Crippen LogP contribution is -2.39. The first-order chi connectivity index (χ1) is 14.6. The molecule has 2 heterocycles. The van der Waals surface area contributed by atoms with E-state index in [1.165, 1.54) is 12.1 Å². The topological polar surface area (TPSA) is 42.4 Å². The van der Waals surface area contributed by atoms with E-state index in [-0.39, 0.29) is 24.2 Å². The molecule has 30 heavy (non-hydrogen) atoms. The molecule has 4 nitrogen and oxygen atoms in total. The van der Waals surface area contributed by atoms with E-state index in [9.17, 15) is 9.18 Å². The number of hydrogen-bond donors (Lipinski definition) is 0. The van der Waals surface area contributed by atoms with Crippen LogP contribution in [0.4, 0.5) is 4.39 Å². The fourth-order valence-corrected chi connectivity index (χ4v) is 4.01. The Labute approximate surface area is 176 Å². The summed E-state index contributed by atoms with van der Waals surface area (Å²) < 4.78 is 18.4. The van der Waals surface area contributed by atoms with Crippen LogP contribution in [0.25, 0.3) is 11.3 Å². The van der Waals surface area contributed by atoms with Gasteiger partial charge in [0.1, 0.15) is 11.6 Å². The van der Waals surface area contributed by atoms with Gasteiger partial charge in [-0.05, 0) is 60.7 Å². The number of hydrogen-bond acceptors (Lipinski definition) is 3. The second kappa shape index (κ2) is 9.08. The molecule has 2 aromatic carbocycles. The molecule has 0 saturated carbocycles. The van der Waals surface area contributed by atoms with Crippen LogP contribution in [0, 0.1) is 5.82 Å². The monoisotopic (exact) mass is 404 g/mol. The highest BCUT2D eigenvalue weighted by molar-refractivity contribution is 5.79. The molecule has 5 heteroatoms. The van der Waals surface area contributed by atoms with Crippen LogP contribution in [-0.4, -0.2) is 29.4 Å². The van der Waals surface area contributed by atoms with E-state index in [1.807, 2.05) is 41.4 Å². The summed E-state index contributed by atoms with van der Waals surface area (Å²) in [6, 6.07) is 18.1. The first-order valence-electron chi connectivity index (χ1n) is 10.3. The number of amides is 1. The number of benzene rings is 2. The van der Waals surface area contributed by atoms with Crippen LogP contribution in [0.5, 0.6) is 5.75 Å². The Balaban J connectivity index is 1.52. The molecule has 1 unspecified atom stereocenters. The van der Waals surface area contributed by atoms with Crippen molar-refractivity contribution in [3.05, 3.63) is 83.8 Å². The highest BCUT2D eigenvalue weighted by Crippen LogP contribution is 2.32. The molecular formula is C25H25FN2O2. The van der Waals surface area contributed by atoms with Gasteiger partial charge in [0.2, 0.25) is 5.91 Å². The van der Waals surface area contributed by atoms with Crippen LogP contribution in [0.3, 0.4) is 0 Å². The molecule has 1 aromatic heterocycles. The number of carbonyl (C=O) groups excluding carboxylic acids is 1. The van der Waals surface area contributed by atoms with Gasteiger partial charge in [0.25, 0.3) is 0 Å². The van der Waals surface area contributed by atoms with Gasteiger partial charge >= 0.3 is 0 Å². The molecule has 1 amide bonds. The van der Waals surface area contributed by atoms with E-state index >= 15 is 0 Å². The van der Waals surface area contributed by atoms with Gasteiger partial charge in [-0.15, -0.1) is 0 Å². The Morgan fingerprint density at radius 1 is 1.13 bits per heavy atom. The fourth-order valence-electron chi connectivity index (χ4n) is 4.01. The first kappa shape index (κ1) is 20.1. The molecular weight excluding hydrogens is 379 g/mol. The third kappa shape index (κ3) is 4.51. The zero-order valence-electron chi connectivity index (χ0n) is 17.1. The van der Waals surface area contributed by atoms with Crippen LogP contribution < -0.4 is 4.74 Å². The highest BCUT2D eigenvalue weighted by Gasteiger charge is 2.28. The van der Waals surface area contributed by atoms with Gasteiger partial charge in [-0.2, -0.15) is 0 Å². The summed E-state index contributed by atoms with van der Waals surface area (Å²) >= 11 is 0. The van der Waals surface area contributed by atoms with E-state index in [1.54, 1.807) is 19.2 Å². The third-order valence-corrected chi connectivity index (χ3v) is 5.63. The summed E-state index contributed by atoms with van der Waals surface area (Å²) in [5.41, 5.74) is 3.75. The maximum atomic E-state index is 13.2.